The molecule has 0 spiro atoms. The minimum atomic E-state index is -5.15. The first-order valence-electron chi connectivity index (χ1n) is 6.92. The molecule has 0 aliphatic carbocycles. The Morgan fingerprint density at radius 3 is 2.76 bits per heavy atom. The van der Waals surface area contributed by atoms with E-state index < -0.39 is 44.9 Å². The van der Waals surface area contributed by atoms with Crippen LogP contribution < -0.4 is 5.73 Å². The maximum atomic E-state index is 12.3. The Balaban J connectivity index is 1.80. The van der Waals surface area contributed by atoms with E-state index in [-0.39, 0.29) is 17.0 Å². The summed E-state index contributed by atoms with van der Waals surface area (Å²) >= 11 is 0. The summed E-state index contributed by atoms with van der Waals surface area (Å²) in [4.78, 5) is 20.7. The zero-order valence-corrected chi connectivity index (χ0v) is 13.3. The third-order valence-corrected chi connectivity index (χ3v) is 4.68. The smallest absolute Gasteiger partial charge is 0.387 e. The molecule has 0 saturated carbocycles. The summed E-state index contributed by atoms with van der Waals surface area (Å²) < 4.78 is 46.7. The van der Waals surface area contributed by atoms with Crippen molar-refractivity contribution in [1.82, 2.24) is 19.5 Å². The van der Waals surface area contributed by atoms with Gasteiger partial charge in [0.1, 0.15) is 30.2 Å². The van der Waals surface area contributed by atoms with Gasteiger partial charge >= 0.3 is 13.8 Å². The first kappa shape index (κ1) is 18.0. The lowest BCUT2D eigenvalue weighted by molar-refractivity contribution is -0.0497. The summed E-state index contributed by atoms with van der Waals surface area (Å²) in [6.07, 6.45) is -6.74. The summed E-state index contributed by atoms with van der Waals surface area (Å²) in [5.74, 6) is 0.0924. The fraction of sp³-hybridized carbons (Fsp3) is 0.545. The van der Waals surface area contributed by atoms with Crippen LogP contribution in [0, 0.1) is 0 Å². The molecule has 11 nitrogen and oxygen atoms in total. The van der Waals surface area contributed by atoms with Crippen LogP contribution in [0.3, 0.4) is 0 Å². The second kappa shape index (κ2) is 6.52. The Kier molecular flexibility index (Phi) is 4.70. The zero-order valence-electron chi connectivity index (χ0n) is 12.4. The lowest BCUT2D eigenvalue weighted by atomic mass is 10.1. The highest BCUT2D eigenvalue weighted by atomic mass is 31.2. The number of halogens is 2. The Hall–Kier alpha value is -1.76. The SMILES string of the molecule is Nc1ncnc2c1ncn2C1OC(COP(=O)(O)C(F)F)C(O)C1O. The van der Waals surface area contributed by atoms with Crippen LogP contribution >= 0.6 is 7.60 Å². The van der Waals surface area contributed by atoms with E-state index in [1.807, 2.05) is 0 Å². The molecule has 2 aromatic rings. The number of hydrogen-bond donors (Lipinski definition) is 4. The number of anilines is 1. The van der Waals surface area contributed by atoms with Gasteiger partial charge in [0.05, 0.1) is 12.9 Å². The lowest BCUT2D eigenvalue weighted by Gasteiger charge is -2.17. The lowest BCUT2D eigenvalue weighted by Crippen LogP contribution is -2.33. The standard InChI is InChI=1S/C11H14F2N5O6P/c12-11(13)25(21,22)23-1-4-6(19)7(20)10(24-4)18-3-17-5-8(14)15-2-16-9(5)18/h2-4,6-7,10-11,19-20H,1H2,(H,21,22)(H2,14,15,16). The highest BCUT2D eigenvalue weighted by Crippen LogP contribution is 2.49. The molecule has 0 radical (unpaired) electrons. The number of nitrogens with two attached hydrogens (primary N) is 1. The van der Waals surface area contributed by atoms with E-state index >= 15 is 0 Å². The molecule has 1 saturated heterocycles. The average molecular weight is 381 g/mol. The molecular weight excluding hydrogens is 367 g/mol. The quantitative estimate of drug-likeness (QED) is 0.494. The molecule has 3 rings (SSSR count). The van der Waals surface area contributed by atoms with E-state index in [1.165, 1.54) is 17.2 Å². The molecule has 2 aromatic heterocycles. The molecule has 0 amide bonds. The monoisotopic (exact) mass is 381 g/mol. The second-order valence-electron chi connectivity index (χ2n) is 5.27. The molecular formula is C11H14F2N5O6P. The number of fused-ring (bicyclic) bond motifs is 1. The normalized spacial score (nSPS) is 29.4. The summed E-state index contributed by atoms with van der Waals surface area (Å²) in [5, 5.41) is 20.1. The van der Waals surface area contributed by atoms with Gasteiger partial charge in [-0.2, -0.15) is 8.78 Å². The highest BCUT2D eigenvalue weighted by Gasteiger charge is 2.46. The van der Waals surface area contributed by atoms with Crippen LogP contribution in [0.2, 0.25) is 0 Å². The third-order valence-electron chi connectivity index (χ3n) is 3.67. The third kappa shape index (κ3) is 3.21. The fourth-order valence-corrected chi connectivity index (χ4v) is 2.86. The summed E-state index contributed by atoms with van der Waals surface area (Å²) in [5.41, 5.74) is 6.11. The molecule has 0 bridgehead atoms. The molecule has 138 valence electrons. The molecule has 25 heavy (non-hydrogen) atoms. The number of alkyl halides is 2. The number of aromatic nitrogens is 4. The van der Waals surface area contributed by atoms with Gasteiger partial charge in [-0.15, -0.1) is 0 Å². The van der Waals surface area contributed by atoms with E-state index in [9.17, 15) is 23.6 Å². The van der Waals surface area contributed by atoms with Crippen molar-refractivity contribution in [3.63, 3.8) is 0 Å². The molecule has 0 aromatic carbocycles. The summed E-state index contributed by atoms with van der Waals surface area (Å²) in [7, 11) is -5.15. The fourth-order valence-electron chi connectivity index (χ4n) is 2.39. The van der Waals surface area contributed by atoms with Crippen molar-refractivity contribution in [2.75, 3.05) is 12.3 Å². The van der Waals surface area contributed by atoms with Crippen LogP contribution in [0.25, 0.3) is 11.2 Å². The van der Waals surface area contributed by atoms with E-state index in [0.29, 0.717) is 0 Å². The molecule has 14 heteroatoms. The van der Waals surface area contributed by atoms with Crippen LogP contribution in [0.1, 0.15) is 6.23 Å². The summed E-state index contributed by atoms with van der Waals surface area (Å²) in [6.45, 7) is -0.823. The maximum Gasteiger partial charge on any atom is 0.394 e. The highest BCUT2D eigenvalue weighted by molar-refractivity contribution is 7.53. The van der Waals surface area contributed by atoms with Gasteiger partial charge < -0.3 is 30.1 Å². The maximum absolute atomic E-state index is 12.3. The van der Waals surface area contributed by atoms with Crippen molar-refractivity contribution in [3.05, 3.63) is 12.7 Å². The van der Waals surface area contributed by atoms with Gasteiger partial charge in [0.2, 0.25) is 0 Å². The minimum absolute atomic E-state index is 0.0924. The average Bonchev–Trinajstić information content (AvgIpc) is 3.09. The van der Waals surface area contributed by atoms with E-state index in [0.717, 1.165) is 0 Å². The number of nitrogen functional groups attached to an aromatic ring is 1. The van der Waals surface area contributed by atoms with Gasteiger partial charge in [-0.3, -0.25) is 9.13 Å². The van der Waals surface area contributed by atoms with Crippen molar-refractivity contribution in [2.24, 2.45) is 0 Å². The molecule has 5 N–H and O–H groups in total. The van der Waals surface area contributed by atoms with Crippen LogP contribution in [-0.2, 0) is 13.8 Å². The van der Waals surface area contributed by atoms with Crippen molar-refractivity contribution in [1.29, 1.82) is 0 Å². The van der Waals surface area contributed by atoms with Gasteiger partial charge in [0.15, 0.2) is 17.7 Å². The second-order valence-corrected chi connectivity index (χ2v) is 7.04. The van der Waals surface area contributed by atoms with Gasteiger partial charge in [0.25, 0.3) is 0 Å². The number of rotatable bonds is 5. The molecule has 1 fully saturated rings. The Labute approximate surface area is 138 Å². The Morgan fingerprint density at radius 2 is 2.08 bits per heavy atom. The minimum Gasteiger partial charge on any atom is -0.387 e. The van der Waals surface area contributed by atoms with Gasteiger partial charge in [-0.1, -0.05) is 0 Å². The number of aliphatic hydroxyl groups excluding tert-OH is 2. The number of imidazole rings is 1. The van der Waals surface area contributed by atoms with Crippen molar-refractivity contribution in [3.8, 4) is 0 Å². The van der Waals surface area contributed by atoms with Gasteiger partial charge in [0, 0.05) is 0 Å². The number of aliphatic hydroxyl groups is 2. The number of hydrogen-bond acceptors (Lipinski definition) is 9. The molecule has 5 unspecified atom stereocenters. The molecule has 5 atom stereocenters. The van der Waals surface area contributed by atoms with Crippen molar-refractivity contribution >= 4 is 24.6 Å². The molecule has 1 aliphatic heterocycles. The predicted molar refractivity (Wildman–Crippen MR) is 77.4 cm³/mol. The zero-order chi connectivity index (χ0) is 18.4. The van der Waals surface area contributed by atoms with Crippen LogP contribution in [0.4, 0.5) is 14.6 Å². The van der Waals surface area contributed by atoms with Crippen LogP contribution in [0.5, 0.6) is 0 Å². The Morgan fingerprint density at radius 1 is 1.36 bits per heavy atom. The van der Waals surface area contributed by atoms with E-state index in [2.05, 4.69) is 19.5 Å². The van der Waals surface area contributed by atoms with Gasteiger partial charge in [-0.25, -0.2) is 15.0 Å². The first-order valence-corrected chi connectivity index (χ1v) is 8.57. The van der Waals surface area contributed by atoms with Gasteiger partial charge in [-0.05, 0) is 0 Å². The van der Waals surface area contributed by atoms with E-state index in [1.54, 1.807) is 0 Å². The van der Waals surface area contributed by atoms with Crippen molar-refractivity contribution < 1.29 is 37.7 Å². The largest absolute Gasteiger partial charge is 0.394 e. The predicted octanol–water partition coefficient (Wildman–Crippen LogP) is -0.548. The Bertz CT molecular complexity index is 821. The topological polar surface area (TPSA) is 166 Å². The van der Waals surface area contributed by atoms with Crippen LogP contribution in [0.15, 0.2) is 12.7 Å². The number of ether oxygens (including phenoxy) is 1. The molecule has 3 heterocycles. The first-order chi connectivity index (χ1) is 11.7. The molecule has 1 aliphatic rings. The van der Waals surface area contributed by atoms with Crippen LogP contribution in [-0.4, -0.2) is 65.7 Å². The van der Waals surface area contributed by atoms with E-state index in [4.69, 9.17) is 15.4 Å². The summed E-state index contributed by atoms with van der Waals surface area (Å²) in [6, 6.07) is 0. The number of nitrogens with zero attached hydrogens (tertiary/aromatic N) is 4. The van der Waals surface area contributed by atoms with Crippen molar-refractivity contribution in [2.45, 2.75) is 30.7 Å².